The number of aliphatic hydroxyl groups excluding tert-OH is 1. The largest absolute Gasteiger partial charge is 0.483 e. The van der Waals surface area contributed by atoms with Gasteiger partial charge in [-0.25, -0.2) is 4.39 Å². The van der Waals surface area contributed by atoms with E-state index in [0.29, 0.717) is 11.4 Å². The van der Waals surface area contributed by atoms with Crippen LogP contribution in [0.25, 0.3) is 0 Å². The lowest BCUT2D eigenvalue weighted by atomic mass is 10.1. The van der Waals surface area contributed by atoms with Crippen LogP contribution >= 0.6 is 0 Å². The van der Waals surface area contributed by atoms with Crippen LogP contribution in [0.5, 0.6) is 5.75 Å². The zero-order valence-electron chi connectivity index (χ0n) is 10.2. The maximum absolute atomic E-state index is 13.7. The molecule has 1 atom stereocenters. The highest BCUT2D eigenvalue weighted by Crippen LogP contribution is 2.22. The maximum atomic E-state index is 13.7. The van der Waals surface area contributed by atoms with Crippen LogP contribution < -0.4 is 4.74 Å². The Hall–Kier alpha value is -1.95. The molecule has 0 fully saturated rings. The minimum atomic E-state index is -0.702. The smallest absolute Gasteiger partial charge is 0.170 e. The molecule has 0 aliphatic heterocycles. The van der Waals surface area contributed by atoms with Crippen LogP contribution in [0.15, 0.2) is 24.5 Å². The van der Waals surface area contributed by atoms with Gasteiger partial charge >= 0.3 is 0 Å². The third-order valence-electron chi connectivity index (χ3n) is 2.60. The predicted octanol–water partition coefficient (Wildman–Crippen LogP) is 1.59. The fourth-order valence-corrected chi connectivity index (χ4v) is 1.47. The van der Waals surface area contributed by atoms with Crippen LogP contribution in [0, 0.1) is 5.82 Å². The van der Waals surface area contributed by atoms with Gasteiger partial charge in [0.25, 0.3) is 0 Å². The average Bonchev–Trinajstić information content (AvgIpc) is 2.73. The van der Waals surface area contributed by atoms with Crippen molar-refractivity contribution >= 4 is 0 Å². The van der Waals surface area contributed by atoms with Crippen molar-refractivity contribution in [3.8, 4) is 5.75 Å². The SMILES string of the molecule is C[C@@H](O)c1ccc(OCc2nncn2C)c(F)c1. The molecule has 1 heterocycles. The van der Waals surface area contributed by atoms with Crippen LogP contribution in [-0.2, 0) is 13.7 Å². The van der Waals surface area contributed by atoms with E-state index in [1.54, 1.807) is 30.9 Å². The highest BCUT2D eigenvalue weighted by atomic mass is 19.1. The molecule has 96 valence electrons. The lowest BCUT2D eigenvalue weighted by Gasteiger charge is -2.09. The Morgan fingerprint density at radius 1 is 1.50 bits per heavy atom. The third kappa shape index (κ3) is 2.65. The second-order valence-corrected chi connectivity index (χ2v) is 4.01. The number of benzene rings is 1. The van der Waals surface area contributed by atoms with Crippen LogP contribution in [0.3, 0.4) is 0 Å². The predicted molar refractivity (Wildman–Crippen MR) is 62.4 cm³/mol. The molecule has 0 radical (unpaired) electrons. The van der Waals surface area contributed by atoms with E-state index in [1.807, 2.05) is 0 Å². The van der Waals surface area contributed by atoms with E-state index in [9.17, 15) is 9.50 Å². The maximum Gasteiger partial charge on any atom is 0.170 e. The quantitative estimate of drug-likeness (QED) is 0.896. The Labute approximate surface area is 104 Å². The van der Waals surface area contributed by atoms with E-state index in [4.69, 9.17) is 4.74 Å². The van der Waals surface area contributed by atoms with Crippen molar-refractivity contribution in [3.05, 3.63) is 41.7 Å². The molecule has 1 N–H and O–H groups in total. The highest BCUT2D eigenvalue weighted by molar-refractivity contribution is 5.30. The molecule has 2 rings (SSSR count). The van der Waals surface area contributed by atoms with E-state index >= 15 is 0 Å². The van der Waals surface area contributed by atoms with Crippen molar-refractivity contribution in [2.75, 3.05) is 0 Å². The van der Waals surface area contributed by atoms with E-state index in [-0.39, 0.29) is 12.4 Å². The number of halogens is 1. The van der Waals surface area contributed by atoms with Gasteiger partial charge in [-0.2, -0.15) is 0 Å². The number of aromatic nitrogens is 3. The number of rotatable bonds is 4. The van der Waals surface area contributed by atoms with Crippen LogP contribution in [-0.4, -0.2) is 19.9 Å². The van der Waals surface area contributed by atoms with Crippen LogP contribution in [0.1, 0.15) is 24.4 Å². The summed E-state index contributed by atoms with van der Waals surface area (Å²) in [6.45, 7) is 1.72. The molecule has 1 aromatic carbocycles. The lowest BCUT2D eigenvalue weighted by molar-refractivity contribution is 0.198. The van der Waals surface area contributed by atoms with Crippen molar-refractivity contribution in [1.82, 2.24) is 14.8 Å². The van der Waals surface area contributed by atoms with Crippen LogP contribution in [0.2, 0.25) is 0 Å². The summed E-state index contributed by atoms with van der Waals surface area (Å²) in [5, 5.41) is 16.9. The summed E-state index contributed by atoms with van der Waals surface area (Å²) in [7, 11) is 1.78. The average molecular weight is 251 g/mol. The molecule has 5 nitrogen and oxygen atoms in total. The number of hydrogen-bond donors (Lipinski definition) is 1. The number of aryl methyl sites for hydroxylation is 1. The highest BCUT2D eigenvalue weighted by Gasteiger charge is 2.09. The zero-order chi connectivity index (χ0) is 13.1. The van der Waals surface area contributed by atoms with Gasteiger partial charge in [0.1, 0.15) is 12.9 Å². The Morgan fingerprint density at radius 3 is 2.83 bits per heavy atom. The van der Waals surface area contributed by atoms with Crippen LogP contribution in [0.4, 0.5) is 4.39 Å². The van der Waals surface area contributed by atoms with Gasteiger partial charge in [0.15, 0.2) is 17.4 Å². The van der Waals surface area contributed by atoms with Gasteiger partial charge in [0.2, 0.25) is 0 Å². The molecule has 2 aromatic rings. The van der Waals surface area contributed by atoms with E-state index in [1.165, 1.54) is 12.1 Å². The summed E-state index contributed by atoms with van der Waals surface area (Å²) in [5.41, 5.74) is 0.513. The van der Waals surface area contributed by atoms with Crippen molar-refractivity contribution in [3.63, 3.8) is 0 Å². The summed E-state index contributed by atoms with van der Waals surface area (Å²) < 4.78 is 20.7. The van der Waals surface area contributed by atoms with Crippen molar-refractivity contribution in [2.24, 2.45) is 7.05 Å². The second-order valence-electron chi connectivity index (χ2n) is 4.01. The molecule has 1 aromatic heterocycles. The first kappa shape index (κ1) is 12.5. The topological polar surface area (TPSA) is 60.2 Å². The first-order valence-corrected chi connectivity index (χ1v) is 5.51. The number of nitrogens with zero attached hydrogens (tertiary/aromatic N) is 3. The molecule has 6 heteroatoms. The van der Waals surface area contributed by atoms with Crippen molar-refractivity contribution < 1.29 is 14.2 Å². The summed E-state index contributed by atoms with van der Waals surface area (Å²) in [4.78, 5) is 0. The first-order valence-electron chi connectivity index (χ1n) is 5.51. The summed E-state index contributed by atoms with van der Waals surface area (Å²) >= 11 is 0. The van der Waals surface area contributed by atoms with Gasteiger partial charge in [-0.05, 0) is 24.6 Å². The monoisotopic (exact) mass is 251 g/mol. The zero-order valence-corrected chi connectivity index (χ0v) is 10.2. The Morgan fingerprint density at radius 2 is 2.28 bits per heavy atom. The number of ether oxygens (including phenoxy) is 1. The third-order valence-corrected chi connectivity index (χ3v) is 2.60. The molecule has 0 spiro atoms. The molecule has 0 saturated carbocycles. The molecule has 0 aliphatic carbocycles. The lowest BCUT2D eigenvalue weighted by Crippen LogP contribution is -2.04. The van der Waals surface area contributed by atoms with Gasteiger partial charge in [-0.1, -0.05) is 6.07 Å². The van der Waals surface area contributed by atoms with Crippen molar-refractivity contribution in [1.29, 1.82) is 0 Å². The minimum absolute atomic E-state index is 0.127. The van der Waals surface area contributed by atoms with E-state index in [2.05, 4.69) is 10.2 Å². The Balaban J connectivity index is 2.08. The molecule has 18 heavy (non-hydrogen) atoms. The van der Waals surface area contributed by atoms with Crippen molar-refractivity contribution in [2.45, 2.75) is 19.6 Å². The second kappa shape index (κ2) is 5.14. The molecule has 0 saturated heterocycles. The standard InChI is InChI=1S/C12H14FN3O2/c1-8(17)9-3-4-11(10(13)5-9)18-6-12-15-14-7-16(12)2/h3-5,7-8,17H,6H2,1-2H3/t8-/m1/s1. The number of aliphatic hydroxyl groups is 1. The summed E-state index contributed by atoms with van der Waals surface area (Å²) in [6.07, 6.45) is 0.846. The number of hydrogen-bond acceptors (Lipinski definition) is 4. The van der Waals surface area contributed by atoms with Gasteiger partial charge in [0.05, 0.1) is 6.10 Å². The van der Waals surface area contributed by atoms with Gasteiger partial charge in [0, 0.05) is 7.05 Å². The first-order chi connectivity index (χ1) is 8.58. The van der Waals surface area contributed by atoms with Gasteiger partial charge < -0.3 is 14.4 Å². The molecule has 0 aliphatic rings. The minimum Gasteiger partial charge on any atom is -0.483 e. The molecule has 0 bridgehead atoms. The fourth-order valence-electron chi connectivity index (χ4n) is 1.47. The van der Waals surface area contributed by atoms with E-state index < -0.39 is 11.9 Å². The molecular formula is C12H14FN3O2. The molecule has 0 amide bonds. The summed E-state index contributed by atoms with van der Waals surface area (Å²) in [6, 6.07) is 4.38. The van der Waals surface area contributed by atoms with Gasteiger partial charge in [-0.3, -0.25) is 0 Å². The normalized spacial score (nSPS) is 12.4. The molecular weight excluding hydrogens is 237 g/mol. The Kier molecular flexibility index (Phi) is 3.57. The summed E-state index contributed by atoms with van der Waals surface area (Å²) in [5.74, 6) is 0.229. The fraction of sp³-hybridized carbons (Fsp3) is 0.333. The molecule has 0 unspecified atom stereocenters. The van der Waals surface area contributed by atoms with E-state index in [0.717, 1.165) is 0 Å². The Bertz CT molecular complexity index is 540. The van der Waals surface area contributed by atoms with Gasteiger partial charge in [-0.15, -0.1) is 10.2 Å².